The molecule has 0 amide bonds. The van der Waals surface area contributed by atoms with Crippen LogP contribution in [0.5, 0.6) is 5.88 Å². The molecule has 0 unspecified atom stereocenters. The Balaban J connectivity index is 2.11. The van der Waals surface area contributed by atoms with Crippen LogP contribution in [0.2, 0.25) is 0 Å². The van der Waals surface area contributed by atoms with Crippen LogP contribution in [0.4, 0.5) is 0 Å². The third-order valence-corrected chi connectivity index (χ3v) is 2.17. The van der Waals surface area contributed by atoms with Crippen molar-refractivity contribution < 1.29 is 5.11 Å². The highest BCUT2D eigenvalue weighted by Crippen LogP contribution is 2.00. The minimum atomic E-state index is -0.0650. The summed E-state index contributed by atoms with van der Waals surface area (Å²) in [5, 5.41) is 25.9. The molecule has 0 aromatic carbocycles. The van der Waals surface area contributed by atoms with Crippen molar-refractivity contribution in [2.75, 3.05) is 20.1 Å². The molecule has 1 aromatic heterocycles. The van der Waals surface area contributed by atoms with Crippen molar-refractivity contribution in [1.82, 2.24) is 26.1 Å². The van der Waals surface area contributed by atoms with E-state index in [2.05, 4.69) is 26.1 Å². The van der Waals surface area contributed by atoms with Gasteiger partial charge in [0.1, 0.15) is 0 Å². The highest BCUT2D eigenvalue weighted by atomic mass is 32.1. The number of nitrogens with one attached hydrogen (secondary N) is 3. The summed E-state index contributed by atoms with van der Waals surface area (Å²) in [7, 11) is 1.77. The van der Waals surface area contributed by atoms with Crippen LogP contribution in [0.15, 0.2) is 12.1 Å². The highest BCUT2D eigenvalue weighted by Gasteiger charge is 1.96. The van der Waals surface area contributed by atoms with E-state index in [0.29, 0.717) is 11.7 Å². The first-order valence-electron chi connectivity index (χ1n) is 4.90. The minimum Gasteiger partial charge on any atom is -0.492 e. The summed E-state index contributed by atoms with van der Waals surface area (Å²) in [6.07, 6.45) is 0. The van der Waals surface area contributed by atoms with Gasteiger partial charge in [0.25, 0.3) is 0 Å². The van der Waals surface area contributed by atoms with Gasteiger partial charge in [-0.1, -0.05) is 0 Å². The van der Waals surface area contributed by atoms with E-state index in [1.807, 2.05) is 0 Å². The largest absolute Gasteiger partial charge is 0.492 e. The number of aromatic hydroxyl groups is 1. The third kappa shape index (κ3) is 4.85. The summed E-state index contributed by atoms with van der Waals surface area (Å²) in [6, 6.07) is 3.24. The minimum absolute atomic E-state index is 0.0650. The predicted octanol–water partition coefficient (Wildman–Crippen LogP) is -0.634. The van der Waals surface area contributed by atoms with Crippen LogP contribution in [0.25, 0.3) is 0 Å². The predicted molar refractivity (Wildman–Crippen MR) is 65.1 cm³/mol. The average Bonchev–Trinajstić information content (AvgIpc) is 2.31. The molecule has 88 valence electrons. The van der Waals surface area contributed by atoms with Crippen molar-refractivity contribution in [2.24, 2.45) is 0 Å². The zero-order valence-electron chi connectivity index (χ0n) is 9.03. The molecule has 0 aliphatic carbocycles. The van der Waals surface area contributed by atoms with Gasteiger partial charge in [-0.2, -0.15) is 5.10 Å². The van der Waals surface area contributed by atoms with Crippen molar-refractivity contribution in [2.45, 2.75) is 6.54 Å². The van der Waals surface area contributed by atoms with E-state index in [1.54, 1.807) is 13.1 Å². The highest BCUT2D eigenvalue weighted by molar-refractivity contribution is 7.80. The zero-order chi connectivity index (χ0) is 11.8. The SMILES string of the molecule is CNC(=S)NCCNCc1ccc(O)nn1. The van der Waals surface area contributed by atoms with Gasteiger partial charge < -0.3 is 21.1 Å². The molecule has 0 bridgehead atoms. The Bertz CT molecular complexity index is 329. The van der Waals surface area contributed by atoms with Crippen molar-refractivity contribution in [1.29, 1.82) is 0 Å². The van der Waals surface area contributed by atoms with Gasteiger partial charge in [0, 0.05) is 32.7 Å². The number of hydrogen-bond acceptors (Lipinski definition) is 5. The van der Waals surface area contributed by atoms with Crippen molar-refractivity contribution in [3.05, 3.63) is 17.8 Å². The average molecular weight is 241 g/mol. The second kappa shape index (κ2) is 6.91. The lowest BCUT2D eigenvalue weighted by atomic mass is 10.4. The molecule has 0 spiro atoms. The maximum Gasteiger partial charge on any atom is 0.230 e. The monoisotopic (exact) mass is 241 g/mol. The first-order valence-corrected chi connectivity index (χ1v) is 5.31. The summed E-state index contributed by atoms with van der Waals surface area (Å²) >= 11 is 4.91. The van der Waals surface area contributed by atoms with Crippen LogP contribution in [-0.2, 0) is 6.54 Å². The first kappa shape index (κ1) is 12.6. The van der Waals surface area contributed by atoms with Gasteiger partial charge in [0.2, 0.25) is 5.88 Å². The lowest BCUT2D eigenvalue weighted by molar-refractivity contribution is 0.443. The fourth-order valence-corrected chi connectivity index (χ4v) is 1.12. The Morgan fingerprint density at radius 2 is 2.19 bits per heavy atom. The number of thiocarbonyl (C=S) groups is 1. The Hall–Kier alpha value is -1.47. The van der Waals surface area contributed by atoms with E-state index in [0.717, 1.165) is 18.8 Å². The van der Waals surface area contributed by atoms with Crippen LogP contribution < -0.4 is 16.0 Å². The molecular formula is C9H15N5OS. The zero-order valence-corrected chi connectivity index (χ0v) is 9.84. The van der Waals surface area contributed by atoms with E-state index < -0.39 is 0 Å². The molecule has 7 heteroatoms. The third-order valence-electron chi connectivity index (χ3n) is 1.83. The molecule has 0 saturated carbocycles. The summed E-state index contributed by atoms with van der Waals surface area (Å²) in [4.78, 5) is 0. The molecule has 1 aromatic rings. The smallest absolute Gasteiger partial charge is 0.230 e. The Morgan fingerprint density at radius 3 is 2.81 bits per heavy atom. The topological polar surface area (TPSA) is 82.1 Å². The molecule has 1 heterocycles. The molecule has 0 aliphatic rings. The van der Waals surface area contributed by atoms with Gasteiger partial charge in [-0.25, -0.2) is 0 Å². The van der Waals surface area contributed by atoms with Crippen LogP contribution in [0, 0.1) is 0 Å². The molecule has 0 saturated heterocycles. The quantitative estimate of drug-likeness (QED) is 0.403. The van der Waals surface area contributed by atoms with Gasteiger partial charge in [0.15, 0.2) is 5.11 Å². The van der Waals surface area contributed by atoms with E-state index in [-0.39, 0.29) is 5.88 Å². The molecule has 16 heavy (non-hydrogen) atoms. The molecule has 0 radical (unpaired) electrons. The molecule has 6 nitrogen and oxygen atoms in total. The van der Waals surface area contributed by atoms with E-state index in [4.69, 9.17) is 17.3 Å². The normalized spacial score (nSPS) is 9.81. The first-order chi connectivity index (χ1) is 7.72. The van der Waals surface area contributed by atoms with Crippen molar-refractivity contribution in [3.63, 3.8) is 0 Å². The second-order valence-electron chi connectivity index (χ2n) is 3.07. The van der Waals surface area contributed by atoms with E-state index >= 15 is 0 Å². The fraction of sp³-hybridized carbons (Fsp3) is 0.444. The van der Waals surface area contributed by atoms with Crippen LogP contribution >= 0.6 is 12.2 Å². The number of aromatic nitrogens is 2. The maximum absolute atomic E-state index is 8.93. The van der Waals surface area contributed by atoms with Crippen molar-refractivity contribution in [3.8, 4) is 5.88 Å². The molecular weight excluding hydrogens is 226 g/mol. The maximum atomic E-state index is 8.93. The number of rotatable bonds is 5. The summed E-state index contributed by atoms with van der Waals surface area (Å²) in [6.45, 7) is 2.12. The van der Waals surface area contributed by atoms with E-state index in [1.165, 1.54) is 6.07 Å². The van der Waals surface area contributed by atoms with Gasteiger partial charge in [-0.15, -0.1) is 5.10 Å². The molecule has 0 atom stereocenters. The van der Waals surface area contributed by atoms with Gasteiger partial charge in [0.05, 0.1) is 5.69 Å². The van der Waals surface area contributed by atoms with Crippen LogP contribution in [0.3, 0.4) is 0 Å². The summed E-state index contributed by atoms with van der Waals surface area (Å²) in [5.41, 5.74) is 0.786. The Morgan fingerprint density at radius 1 is 1.38 bits per heavy atom. The molecule has 1 rings (SSSR count). The summed E-state index contributed by atoms with van der Waals surface area (Å²) in [5.74, 6) is -0.0650. The Labute approximate surface area is 99.5 Å². The lowest BCUT2D eigenvalue weighted by Gasteiger charge is -2.07. The molecule has 0 aliphatic heterocycles. The molecule has 4 N–H and O–H groups in total. The van der Waals surface area contributed by atoms with Crippen LogP contribution in [-0.4, -0.2) is 40.6 Å². The number of hydrogen-bond donors (Lipinski definition) is 4. The lowest BCUT2D eigenvalue weighted by Crippen LogP contribution is -2.37. The summed E-state index contributed by atoms with van der Waals surface area (Å²) < 4.78 is 0. The number of nitrogens with zero attached hydrogens (tertiary/aromatic N) is 2. The fourth-order valence-electron chi connectivity index (χ4n) is 1.02. The van der Waals surface area contributed by atoms with Gasteiger partial charge in [-0.05, 0) is 18.3 Å². The van der Waals surface area contributed by atoms with Crippen LogP contribution in [0.1, 0.15) is 5.69 Å². The second-order valence-corrected chi connectivity index (χ2v) is 3.47. The van der Waals surface area contributed by atoms with Gasteiger partial charge >= 0.3 is 0 Å². The molecule has 0 fully saturated rings. The van der Waals surface area contributed by atoms with E-state index in [9.17, 15) is 0 Å². The Kier molecular flexibility index (Phi) is 5.44. The van der Waals surface area contributed by atoms with Gasteiger partial charge in [-0.3, -0.25) is 0 Å². The standard InChI is InChI=1S/C9H15N5OS/c1-10-9(16)12-5-4-11-6-7-2-3-8(15)14-13-7/h2-3,11H,4-6H2,1H3,(H,14,15)(H2,10,12,16). The van der Waals surface area contributed by atoms with Crippen molar-refractivity contribution >= 4 is 17.3 Å².